The number of nitrogens with zero attached hydrogens (tertiary/aromatic N) is 1. The molecule has 1 aliphatic rings. The molecule has 3 heteroatoms. The van der Waals surface area contributed by atoms with E-state index in [2.05, 4.69) is 4.90 Å². The molecule has 0 radical (unpaired) electrons. The second-order valence-electron chi connectivity index (χ2n) is 5.29. The molecule has 0 aromatic heterocycles. The molecule has 0 amide bonds. The maximum absolute atomic E-state index is 13.1. The van der Waals surface area contributed by atoms with Gasteiger partial charge in [-0.15, -0.1) is 11.6 Å². The average Bonchev–Trinajstić information content (AvgIpc) is 2.34. The Labute approximate surface area is 114 Å². The standard InChI is InChI=1S/C15H21ClFN/c1-12-9-15(17)5-4-14(12)11-18-8-2-3-13(10-18)6-7-16/h4-5,9,13H,2-3,6-8,10-11H2,1H3. The molecule has 1 nitrogen and oxygen atoms in total. The molecule has 1 aliphatic heterocycles. The quantitative estimate of drug-likeness (QED) is 0.748. The molecule has 18 heavy (non-hydrogen) atoms. The third-order valence-electron chi connectivity index (χ3n) is 3.82. The summed E-state index contributed by atoms with van der Waals surface area (Å²) in [6.07, 6.45) is 3.66. The Balaban J connectivity index is 1.96. The van der Waals surface area contributed by atoms with Crippen LogP contribution in [0, 0.1) is 18.7 Å². The number of aryl methyl sites for hydroxylation is 1. The first-order valence-electron chi connectivity index (χ1n) is 6.72. The highest BCUT2D eigenvalue weighted by atomic mass is 35.5. The summed E-state index contributed by atoms with van der Waals surface area (Å²) in [6.45, 7) is 5.20. The van der Waals surface area contributed by atoms with E-state index in [0.717, 1.165) is 43.4 Å². The third-order valence-corrected chi connectivity index (χ3v) is 4.04. The predicted molar refractivity (Wildman–Crippen MR) is 74.5 cm³/mol. The summed E-state index contributed by atoms with van der Waals surface area (Å²) in [5.74, 6) is 1.35. The zero-order valence-electron chi connectivity index (χ0n) is 11.0. The van der Waals surface area contributed by atoms with Gasteiger partial charge in [-0.05, 0) is 61.9 Å². The number of hydrogen-bond acceptors (Lipinski definition) is 1. The van der Waals surface area contributed by atoms with E-state index in [9.17, 15) is 4.39 Å². The van der Waals surface area contributed by atoms with Crippen molar-refractivity contribution in [2.75, 3.05) is 19.0 Å². The molecule has 100 valence electrons. The topological polar surface area (TPSA) is 3.24 Å². The molecule has 1 unspecified atom stereocenters. The van der Waals surface area contributed by atoms with Crippen LogP contribution in [-0.4, -0.2) is 23.9 Å². The van der Waals surface area contributed by atoms with Gasteiger partial charge in [-0.3, -0.25) is 4.90 Å². The smallest absolute Gasteiger partial charge is 0.123 e. The van der Waals surface area contributed by atoms with E-state index in [4.69, 9.17) is 11.6 Å². The molecule has 0 saturated carbocycles. The Morgan fingerprint density at radius 2 is 2.28 bits per heavy atom. The van der Waals surface area contributed by atoms with Crippen LogP contribution >= 0.6 is 11.6 Å². The molecule has 1 saturated heterocycles. The molecule has 0 N–H and O–H groups in total. The fourth-order valence-corrected chi connectivity index (χ4v) is 3.07. The van der Waals surface area contributed by atoms with Gasteiger partial charge in [0.15, 0.2) is 0 Å². The Bertz CT molecular complexity index is 392. The van der Waals surface area contributed by atoms with Crippen molar-refractivity contribution < 1.29 is 4.39 Å². The molecular formula is C15H21ClFN. The van der Waals surface area contributed by atoms with Crippen molar-refractivity contribution in [1.82, 2.24) is 4.90 Å². The Morgan fingerprint density at radius 3 is 3.00 bits per heavy atom. The first-order chi connectivity index (χ1) is 8.69. The molecule has 1 fully saturated rings. The third kappa shape index (κ3) is 3.69. The summed E-state index contributed by atoms with van der Waals surface area (Å²) in [5.41, 5.74) is 2.29. The van der Waals surface area contributed by atoms with Crippen LogP contribution in [0.3, 0.4) is 0 Å². The van der Waals surface area contributed by atoms with Gasteiger partial charge < -0.3 is 0 Å². The normalized spacial score (nSPS) is 21.2. The molecule has 1 aromatic carbocycles. The average molecular weight is 270 g/mol. The maximum Gasteiger partial charge on any atom is 0.123 e. The van der Waals surface area contributed by atoms with Crippen LogP contribution < -0.4 is 0 Å². The van der Waals surface area contributed by atoms with E-state index in [1.54, 1.807) is 12.1 Å². The van der Waals surface area contributed by atoms with Crippen molar-refractivity contribution in [3.63, 3.8) is 0 Å². The highest BCUT2D eigenvalue weighted by Crippen LogP contribution is 2.22. The van der Waals surface area contributed by atoms with Crippen molar-refractivity contribution in [3.05, 3.63) is 35.1 Å². The predicted octanol–water partition coefficient (Wildman–Crippen LogP) is 3.98. The van der Waals surface area contributed by atoms with Crippen molar-refractivity contribution in [2.45, 2.75) is 32.7 Å². The van der Waals surface area contributed by atoms with Crippen LogP contribution in [0.1, 0.15) is 30.4 Å². The van der Waals surface area contributed by atoms with Gasteiger partial charge in [-0.1, -0.05) is 6.07 Å². The zero-order valence-corrected chi connectivity index (χ0v) is 11.7. The van der Waals surface area contributed by atoms with Crippen LogP contribution in [0.15, 0.2) is 18.2 Å². The van der Waals surface area contributed by atoms with Gasteiger partial charge in [0.05, 0.1) is 0 Å². The summed E-state index contributed by atoms with van der Waals surface area (Å²) in [7, 11) is 0. The summed E-state index contributed by atoms with van der Waals surface area (Å²) in [6, 6.07) is 5.09. The lowest BCUT2D eigenvalue weighted by Gasteiger charge is -2.32. The fourth-order valence-electron chi connectivity index (χ4n) is 2.76. The lowest BCUT2D eigenvalue weighted by atomic mass is 9.95. The Kier molecular flexibility index (Phi) is 5.02. The van der Waals surface area contributed by atoms with Crippen molar-refractivity contribution in [1.29, 1.82) is 0 Å². The Hall–Kier alpha value is -0.600. The number of alkyl halides is 1. The van der Waals surface area contributed by atoms with E-state index in [1.165, 1.54) is 18.4 Å². The van der Waals surface area contributed by atoms with E-state index in [0.29, 0.717) is 0 Å². The van der Waals surface area contributed by atoms with Gasteiger partial charge >= 0.3 is 0 Å². The number of hydrogen-bond donors (Lipinski definition) is 0. The van der Waals surface area contributed by atoms with Crippen LogP contribution in [0.5, 0.6) is 0 Å². The monoisotopic (exact) mass is 269 g/mol. The highest BCUT2D eigenvalue weighted by molar-refractivity contribution is 6.17. The van der Waals surface area contributed by atoms with Crippen LogP contribution in [0.25, 0.3) is 0 Å². The van der Waals surface area contributed by atoms with Crippen molar-refractivity contribution in [2.24, 2.45) is 5.92 Å². The van der Waals surface area contributed by atoms with Gasteiger partial charge in [0.1, 0.15) is 5.82 Å². The second kappa shape index (κ2) is 6.53. The minimum atomic E-state index is -0.144. The highest BCUT2D eigenvalue weighted by Gasteiger charge is 2.19. The maximum atomic E-state index is 13.1. The summed E-state index contributed by atoms with van der Waals surface area (Å²) < 4.78 is 13.1. The first-order valence-corrected chi connectivity index (χ1v) is 7.26. The minimum absolute atomic E-state index is 0.144. The van der Waals surface area contributed by atoms with Gasteiger partial charge in [0.2, 0.25) is 0 Å². The van der Waals surface area contributed by atoms with Crippen molar-refractivity contribution >= 4 is 11.6 Å². The summed E-state index contributed by atoms with van der Waals surface area (Å²) in [4.78, 5) is 2.47. The second-order valence-corrected chi connectivity index (χ2v) is 5.67. The molecule has 0 spiro atoms. The summed E-state index contributed by atoms with van der Waals surface area (Å²) >= 11 is 5.83. The van der Waals surface area contributed by atoms with Crippen molar-refractivity contribution in [3.8, 4) is 0 Å². The van der Waals surface area contributed by atoms with Gasteiger partial charge in [0, 0.05) is 19.0 Å². The SMILES string of the molecule is Cc1cc(F)ccc1CN1CCCC(CCCl)C1. The summed E-state index contributed by atoms with van der Waals surface area (Å²) in [5, 5.41) is 0. The molecule has 1 atom stereocenters. The molecule has 1 aromatic rings. The van der Waals surface area contributed by atoms with Gasteiger partial charge in [-0.2, -0.15) is 0 Å². The number of rotatable bonds is 4. The molecule has 0 aliphatic carbocycles. The lowest BCUT2D eigenvalue weighted by Crippen LogP contribution is -2.35. The first kappa shape index (κ1) is 13.8. The van der Waals surface area contributed by atoms with E-state index in [1.807, 2.05) is 13.0 Å². The Morgan fingerprint density at radius 1 is 1.44 bits per heavy atom. The van der Waals surface area contributed by atoms with Gasteiger partial charge in [-0.25, -0.2) is 4.39 Å². The number of likely N-dealkylation sites (tertiary alicyclic amines) is 1. The minimum Gasteiger partial charge on any atom is -0.299 e. The van der Waals surface area contributed by atoms with Crippen LogP contribution in [0.2, 0.25) is 0 Å². The number of benzene rings is 1. The lowest BCUT2D eigenvalue weighted by molar-refractivity contribution is 0.165. The van der Waals surface area contributed by atoms with Gasteiger partial charge in [0.25, 0.3) is 0 Å². The van der Waals surface area contributed by atoms with E-state index < -0.39 is 0 Å². The van der Waals surface area contributed by atoms with Crippen LogP contribution in [-0.2, 0) is 6.54 Å². The number of halogens is 2. The fraction of sp³-hybridized carbons (Fsp3) is 0.600. The van der Waals surface area contributed by atoms with E-state index in [-0.39, 0.29) is 5.82 Å². The molecule has 0 bridgehead atoms. The molecule has 2 rings (SSSR count). The molecular weight excluding hydrogens is 249 g/mol. The van der Waals surface area contributed by atoms with E-state index >= 15 is 0 Å². The molecule has 1 heterocycles. The number of piperidine rings is 1. The largest absolute Gasteiger partial charge is 0.299 e. The van der Waals surface area contributed by atoms with Crippen LogP contribution in [0.4, 0.5) is 4.39 Å². The zero-order chi connectivity index (χ0) is 13.0.